The van der Waals surface area contributed by atoms with Crippen molar-refractivity contribution in [3.05, 3.63) is 41.5 Å². The second kappa shape index (κ2) is 7.13. The maximum absolute atomic E-state index is 5.92. The number of para-hydroxylation sites is 1. The summed E-state index contributed by atoms with van der Waals surface area (Å²) < 4.78 is 5.92. The van der Waals surface area contributed by atoms with E-state index in [9.17, 15) is 0 Å². The van der Waals surface area contributed by atoms with Crippen molar-refractivity contribution in [2.75, 3.05) is 13.2 Å². The Morgan fingerprint density at radius 2 is 2.05 bits per heavy atom. The van der Waals surface area contributed by atoms with Gasteiger partial charge in [0, 0.05) is 17.5 Å². The van der Waals surface area contributed by atoms with Gasteiger partial charge in [-0.15, -0.1) is 0 Å². The van der Waals surface area contributed by atoms with Crippen molar-refractivity contribution in [3.63, 3.8) is 0 Å². The number of hydrogen-bond donors (Lipinski definition) is 1. The minimum absolute atomic E-state index is 0.441. The summed E-state index contributed by atoms with van der Waals surface area (Å²) in [6.45, 7) is 4.03. The predicted molar refractivity (Wildman–Crippen MR) is 87.9 cm³/mol. The molecular formula is C19H27NO. The average molecular weight is 285 g/mol. The number of ether oxygens (including phenoxy) is 1. The van der Waals surface area contributed by atoms with Crippen LogP contribution in [0, 0.1) is 0 Å². The van der Waals surface area contributed by atoms with Crippen LogP contribution in [-0.4, -0.2) is 19.2 Å². The minimum Gasteiger partial charge on any atom is -0.493 e. The Labute approximate surface area is 128 Å². The molecule has 2 nitrogen and oxygen atoms in total. The Hall–Kier alpha value is -1.28. The maximum Gasteiger partial charge on any atom is 0.122 e. The molecule has 2 unspecified atom stereocenters. The van der Waals surface area contributed by atoms with Crippen molar-refractivity contribution in [2.45, 2.75) is 57.4 Å². The minimum atomic E-state index is 0.441. The monoisotopic (exact) mass is 285 g/mol. The molecule has 1 aromatic carbocycles. The van der Waals surface area contributed by atoms with Crippen LogP contribution in [0.25, 0.3) is 0 Å². The van der Waals surface area contributed by atoms with Crippen molar-refractivity contribution in [2.24, 2.45) is 0 Å². The topological polar surface area (TPSA) is 21.3 Å². The van der Waals surface area contributed by atoms with Crippen molar-refractivity contribution >= 4 is 0 Å². The molecule has 0 amide bonds. The fraction of sp³-hybridized carbons (Fsp3) is 0.579. The Bertz CT molecular complexity index is 494. The first kappa shape index (κ1) is 14.6. The Morgan fingerprint density at radius 1 is 1.19 bits per heavy atom. The fourth-order valence-corrected chi connectivity index (χ4v) is 3.71. The number of benzene rings is 1. The molecule has 1 aromatic rings. The first-order valence-electron chi connectivity index (χ1n) is 8.54. The molecule has 3 rings (SSSR count). The molecule has 0 fully saturated rings. The third-order valence-electron chi connectivity index (χ3n) is 4.79. The molecule has 0 aromatic heterocycles. The molecule has 0 saturated carbocycles. The highest BCUT2D eigenvalue weighted by molar-refractivity contribution is 5.42. The first-order chi connectivity index (χ1) is 10.4. The molecule has 1 aliphatic heterocycles. The molecule has 2 atom stereocenters. The van der Waals surface area contributed by atoms with Gasteiger partial charge in [0.2, 0.25) is 0 Å². The highest BCUT2D eigenvalue weighted by Gasteiger charge is 2.32. The van der Waals surface area contributed by atoms with Gasteiger partial charge < -0.3 is 10.1 Å². The van der Waals surface area contributed by atoms with E-state index in [0.717, 1.165) is 18.9 Å². The molecule has 21 heavy (non-hydrogen) atoms. The quantitative estimate of drug-likeness (QED) is 0.827. The molecule has 114 valence electrons. The van der Waals surface area contributed by atoms with Crippen LogP contribution in [0.1, 0.15) is 56.9 Å². The third-order valence-corrected chi connectivity index (χ3v) is 4.79. The largest absolute Gasteiger partial charge is 0.493 e. The zero-order valence-corrected chi connectivity index (χ0v) is 13.1. The molecule has 1 heterocycles. The van der Waals surface area contributed by atoms with Crippen LogP contribution in [0.2, 0.25) is 0 Å². The van der Waals surface area contributed by atoms with E-state index in [-0.39, 0.29) is 0 Å². The standard InChI is InChI=1S/C19H27NO/c1-2-20-19(15-10-6-4-3-5-7-11-15)17-14-21-18-13-9-8-12-16(17)18/h8-10,12-13,17,19-20H,2-7,11,14H2,1H3/b15-10+. The number of nitrogens with one attached hydrogen (secondary N) is 1. The van der Waals surface area contributed by atoms with Crippen LogP contribution >= 0.6 is 0 Å². The van der Waals surface area contributed by atoms with E-state index in [1.165, 1.54) is 44.1 Å². The molecule has 0 saturated heterocycles. The molecule has 1 aliphatic carbocycles. The molecular weight excluding hydrogens is 258 g/mol. The normalized spacial score (nSPS) is 26.0. The van der Waals surface area contributed by atoms with E-state index < -0.39 is 0 Å². The predicted octanol–water partition coefficient (Wildman–Crippen LogP) is 4.42. The van der Waals surface area contributed by atoms with Gasteiger partial charge >= 0.3 is 0 Å². The lowest BCUT2D eigenvalue weighted by molar-refractivity contribution is 0.307. The lowest BCUT2D eigenvalue weighted by Gasteiger charge is -2.28. The summed E-state index contributed by atoms with van der Waals surface area (Å²) in [4.78, 5) is 0. The van der Waals surface area contributed by atoms with E-state index in [2.05, 4.69) is 42.6 Å². The highest BCUT2D eigenvalue weighted by Crippen LogP contribution is 2.38. The molecule has 0 radical (unpaired) electrons. The smallest absolute Gasteiger partial charge is 0.122 e. The summed E-state index contributed by atoms with van der Waals surface area (Å²) in [7, 11) is 0. The highest BCUT2D eigenvalue weighted by atomic mass is 16.5. The van der Waals surface area contributed by atoms with Crippen molar-refractivity contribution in [1.29, 1.82) is 0 Å². The van der Waals surface area contributed by atoms with Crippen LogP contribution in [0.3, 0.4) is 0 Å². The maximum atomic E-state index is 5.92. The van der Waals surface area contributed by atoms with Crippen LogP contribution in [0.5, 0.6) is 5.75 Å². The van der Waals surface area contributed by atoms with Crippen LogP contribution in [0.4, 0.5) is 0 Å². The first-order valence-corrected chi connectivity index (χ1v) is 8.54. The van der Waals surface area contributed by atoms with E-state index in [1.807, 2.05) is 0 Å². The van der Waals surface area contributed by atoms with Gasteiger partial charge in [-0.2, -0.15) is 0 Å². The lowest BCUT2D eigenvalue weighted by atomic mass is 9.84. The summed E-state index contributed by atoms with van der Waals surface area (Å²) in [6, 6.07) is 8.98. The van der Waals surface area contributed by atoms with Crippen LogP contribution in [-0.2, 0) is 0 Å². The van der Waals surface area contributed by atoms with E-state index in [0.29, 0.717) is 12.0 Å². The summed E-state index contributed by atoms with van der Waals surface area (Å²) in [5.74, 6) is 1.55. The number of likely N-dealkylation sites (N-methyl/N-ethyl adjacent to an activating group) is 1. The Balaban J connectivity index is 1.84. The molecule has 2 heteroatoms. The Kier molecular flexibility index (Phi) is 4.97. The number of allylic oxidation sites excluding steroid dienone is 1. The summed E-state index contributed by atoms with van der Waals surface area (Å²) in [5, 5.41) is 3.74. The van der Waals surface area contributed by atoms with Gasteiger partial charge in [-0.25, -0.2) is 0 Å². The van der Waals surface area contributed by atoms with Gasteiger partial charge in [0.25, 0.3) is 0 Å². The number of rotatable bonds is 4. The van der Waals surface area contributed by atoms with Gasteiger partial charge in [0.05, 0.1) is 6.61 Å². The van der Waals surface area contributed by atoms with Crippen molar-refractivity contribution < 1.29 is 4.74 Å². The molecule has 2 aliphatic rings. The summed E-state index contributed by atoms with van der Waals surface area (Å²) in [5.41, 5.74) is 2.99. The second-order valence-electron chi connectivity index (χ2n) is 6.22. The van der Waals surface area contributed by atoms with E-state index in [4.69, 9.17) is 4.74 Å². The summed E-state index contributed by atoms with van der Waals surface area (Å²) in [6.07, 6.45) is 10.5. The summed E-state index contributed by atoms with van der Waals surface area (Å²) >= 11 is 0. The van der Waals surface area contributed by atoms with Gasteiger partial charge in [-0.05, 0) is 38.3 Å². The van der Waals surface area contributed by atoms with E-state index in [1.54, 1.807) is 5.57 Å². The van der Waals surface area contributed by atoms with E-state index >= 15 is 0 Å². The fourth-order valence-electron chi connectivity index (χ4n) is 3.71. The second-order valence-corrected chi connectivity index (χ2v) is 6.22. The van der Waals surface area contributed by atoms with Crippen LogP contribution < -0.4 is 10.1 Å². The van der Waals surface area contributed by atoms with Crippen molar-refractivity contribution in [3.8, 4) is 5.75 Å². The van der Waals surface area contributed by atoms with Gasteiger partial charge in [0.1, 0.15) is 5.75 Å². The lowest BCUT2D eigenvalue weighted by Crippen LogP contribution is -2.37. The molecule has 1 N–H and O–H groups in total. The zero-order chi connectivity index (χ0) is 14.5. The number of hydrogen-bond acceptors (Lipinski definition) is 2. The van der Waals surface area contributed by atoms with Gasteiger partial charge in [0.15, 0.2) is 0 Å². The Morgan fingerprint density at radius 3 is 2.95 bits per heavy atom. The SMILES string of the molecule is CCNC(/C1=C/CCCCCC1)C1COc2ccccc21. The van der Waals surface area contributed by atoms with Gasteiger partial charge in [-0.3, -0.25) is 0 Å². The molecule has 0 spiro atoms. The molecule has 0 bridgehead atoms. The van der Waals surface area contributed by atoms with Gasteiger partial charge in [-0.1, -0.05) is 49.6 Å². The van der Waals surface area contributed by atoms with Crippen molar-refractivity contribution in [1.82, 2.24) is 5.32 Å². The third kappa shape index (κ3) is 3.32. The average Bonchev–Trinajstić information content (AvgIpc) is 2.89. The zero-order valence-electron chi connectivity index (χ0n) is 13.1. The number of fused-ring (bicyclic) bond motifs is 1. The van der Waals surface area contributed by atoms with Crippen LogP contribution in [0.15, 0.2) is 35.9 Å².